The van der Waals surface area contributed by atoms with E-state index < -0.39 is 0 Å². The molecule has 0 aromatic heterocycles. The second-order valence-corrected chi connectivity index (χ2v) is 5.74. The van der Waals surface area contributed by atoms with Gasteiger partial charge in [-0.15, -0.1) is 0 Å². The number of hydrogen-bond acceptors (Lipinski definition) is 2. The van der Waals surface area contributed by atoms with E-state index in [0.717, 1.165) is 25.2 Å². The Balaban J connectivity index is 1.66. The summed E-state index contributed by atoms with van der Waals surface area (Å²) in [6, 6.07) is 0.769. The van der Waals surface area contributed by atoms with Gasteiger partial charge in [0.25, 0.3) is 0 Å². The molecular weight excluding hydrogens is 174 g/mol. The Hall–Kier alpha value is -0.0800. The van der Waals surface area contributed by atoms with Crippen LogP contribution in [0.3, 0.4) is 0 Å². The van der Waals surface area contributed by atoms with Crippen molar-refractivity contribution < 1.29 is 4.74 Å². The summed E-state index contributed by atoms with van der Waals surface area (Å²) in [6.07, 6.45) is 5.34. The zero-order chi connectivity index (χ0) is 10.0. The summed E-state index contributed by atoms with van der Waals surface area (Å²) in [4.78, 5) is 0. The summed E-state index contributed by atoms with van der Waals surface area (Å²) in [6.45, 7) is 7.88. The normalized spacial score (nSPS) is 36.4. The molecule has 0 aromatic carbocycles. The fourth-order valence-corrected chi connectivity index (χ4v) is 2.69. The van der Waals surface area contributed by atoms with Crippen LogP contribution in [0.5, 0.6) is 0 Å². The Labute approximate surface area is 87.4 Å². The molecule has 1 N–H and O–H groups in total. The molecule has 2 fully saturated rings. The Bertz CT molecular complexity index is 185. The number of ether oxygens (including phenoxy) is 1. The van der Waals surface area contributed by atoms with Crippen molar-refractivity contribution in [1.82, 2.24) is 5.32 Å². The first kappa shape index (κ1) is 10.4. The fourth-order valence-electron chi connectivity index (χ4n) is 2.69. The maximum absolute atomic E-state index is 5.37. The minimum atomic E-state index is 0.573. The highest BCUT2D eigenvalue weighted by Gasteiger charge is 2.30. The van der Waals surface area contributed by atoms with E-state index in [4.69, 9.17) is 4.74 Å². The van der Waals surface area contributed by atoms with E-state index in [1.165, 1.54) is 32.2 Å². The average Bonchev–Trinajstić information content (AvgIpc) is 2.70. The SMILES string of the molecule is CC1(C)CCC(NCC2CCOC2)C1. The van der Waals surface area contributed by atoms with Gasteiger partial charge in [0.05, 0.1) is 6.61 Å². The third-order valence-electron chi connectivity index (χ3n) is 3.69. The Morgan fingerprint density at radius 1 is 1.36 bits per heavy atom. The van der Waals surface area contributed by atoms with Crippen molar-refractivity contribution in [3.8, 4) is 0 Å². The van der Waals surface area contributed by atoms with E-state index in [2.05, 4.69) is 19.2 Å². The minimum absolute atomic E-state index is 0.573. The standard InChI is InChI=1S/C12H23NO/c1-12(2)5-3-11(7-12)13-8-10-4-6-14-9-10/h10-11,13H,3-9H2,1-2H3. The molecule has 0 amide bonds. The molecule has 0 bridgehead atoms. The van der Waals surface area contributed by atoms with Crippen molar-refractivity contribution in [3.63, 3.8) is 0 Å². The smallest absolute Gasteiger partial charge is 0.0507 e. The predicted octanol–water partition coefficient (Wildman–Crippen LogP) is 2.19. The molecule has 1 aliphatic carbocycles. The van der Waals surface area contributed by atoms with E-state index in [1.807, 2.05) is 0 Å². The monoisotopic (exact) mass is 197 g/mol. The maximum atomic E-state index is 5.37. The first-order valence-electron chi connectivity index (χ1n) is 5.97. The summed E-state index contributed by atoms with van der Waals surface area (Å²) in [7, 11) is 0. The highest BCUT2D eigenvalue weighted by atomic mass is 16.5. The Morgan fingerprint density at radius 3 is 2.79 bits per heavy atom. The third kappa shape index (κ3) is 2.71. The molecule has 0 spiro atoms. The van der Waals surface area contributed by atoms with Crippen LogP contribution in [-0.4, -0.2) is 25.8 Å². The van der Waals surface area contributed by atoms with Crippen LogP contribution in [0.2, 0.25) is 0 Å². The van der Waals surface area contributed by atoms with Gasteiger partial charge in [0.1, 0.15) is 0 Å². The van der Waals surface area contributed by atoms with E-state index in [-0.39, 0.29) is 0 Å². The van der Waals surface area contributed by atoms with Gasteiger partial charge in [0, 0.05) is 19.2 Å². The molecule has 2 heteroatoms. The third-order valence-corrected chi connectivity index (χ3v) is 3.69. The number of rotatable bonds is 3. The molecule has 0 aromatic rings. The number of nitrogens with one attached hydrogen (secondary N) is 1. The molecule has 1 aliphatic heterocycles. The van der Waals surface area contributed by atoms with Gasteiger partial charge in [-0.2, -0.15) is 0 Å². The molecule has 2 unspecified atom stereocenters. The first-order valence-corrected chi connectivity index (χ1v) is 5.97. The topological polar surface area (TPSA) is 21.3 Å². The molecule has 2 atom stereocenters. The maximum Gasteiger partial charge on any atom is 0.0507 e. The summed E-state index contributed by atoms with van der Waals surface area (Å²) in [5.41, 5.74) is 0.573. The molecule has 2 nitrogen and oxygen atoms in total. The van der Waals surface area contributed by atoms with E-state index in [0.29, 0.717) is 5.41 Å². The lowest BCUT2D eigenvalue weighted by Gasteiger charge is -2.19. The zero-order valence-corrected chi connectivity index (χ0v) is 9.51. The summed E-state index contributed by atoms with van der Waals surface area (Å²) in [5.74, 6) is 0.777. The van der Waals surface area contributed by atoms with Gasteiger partial charge in [0.2, 0.25) is 0 Å². The van der Waals surface area contributed by atoms with Gasteiger partial charge in [-0.1, -0.05) is 13.8 Å². The molecule has 82 valence electrons. The first-order chi connectivity index (χ1) is 6.66. The van der Waals surface area contributed by atoms with E-state index in [1.54, 1.807) is 0 Å². The molecule has 0 radical (unpaired) electrons. The highest BCUT2D eigenvalue weighted by Crippen LogP contribution is 2.36. The summed E-state index contributed by atoms with van der Waals surface area (Å²) < 4.78 is 5.37. The van der Waals surface area contributed by atoms with Crippen LogP contribution in [0.1, 0.15) is 39.5 Å². The largest absolute Gasteiger partial charge is 0.381 e. The van der Waals surface area contributed by atoms with Gasteiger partial charge in [-0.3, -0.25) is 0 Å². The van der Waals surface area contributed by atoms with Gasteiger partial charge in [0.15, 0.2) is 0 Å². The summed E-state index contributed by atoms with van der Waals surface area (Å²) in [5, 5.41) is 3.70. The molecule has 1 heterocycles. The lowest BCUT2D eigenvalue weighted by atomic mass is 9.92. The van der Waals surface area contributed by atoms with Crippen molar-refractivity contribution in [2.75, 3.05) is 19.8 Å². The van der Waals surface area contributed by atoms with Crippen LogP contribution in [0, 0.1) is 11.3 Å². The van der Waals surface area contributed by atoms with Crippen molar-refractivity contribution in [1.29, 1.82) is 0 Å². The fraction of sp³-hybridized carbons (Fsp3) is 1.00. The van der Waals surface area contributed by atoms with Crippen molar-refractivity contribution in [2.45, 2.75) is 45.6 Å². The average molecular weight is 197 g/mol. The highest BCUT2D eigenvalue weighted by molar-refractivity contribution is 4.86. The van der Waals surface area contributed by atoms with Crippen LogP contribution in [-0.2, 0) is 4.74 Å². The summed E-state index contributed by atoms with van der Waals surface area (Å²) >= 11 is 0. The van der Waals surface area contributed by atoms with Crippen molar-refractivity contribution in [3.05, 3.63) is 0 Å². The van der Waals surface area contributed by atoms with Crippen molar-refractivity contribution >= 4 is 0 Å². The molecule has 1 saturated heterocycles. The van der Waals surface area contributed by atoms with Gasteiger partial charge in [-0.25, -0.2) is 0 Å². The van der Waals surface area contributed by atoms with Crippen LogP contribution in [0.25, 0.3) is 0 Å². The predicted molar refractivity (Wildman–Crippen MR) is 58.3 cm³/mol. The molecule has 2 rings (SSSR count). The Kier molecular flexibility index (Phi) is 3.13. The van der Waals surface area contributed by atoms with Crippen LogP contribution in [0.15, 0.2) is 0 Å². The molecular formula is C12H23NO. The van der Waals surface area contributed by atoms with E-state index in [9.17, 15) is 0 Å². The van der Waals surface area contributed by atoms with Crippen LogP contribution in [0.4, 0.5) is 0 Å². The van der Waals surface area contributed by atoms with Gasteiger partial charge in [-0.05, 0) is 37.0 Å². The van der Waals surface area contributed by atoms with Crippen LogP contribution >= 0.6 is 0 Å². The molecule has 1 saturated carbocycles. The lowest BCUT2D eigenvalue weighted by Crippen LogP contribution is -2.32. The van der Waals surface area contributed by atoms with E-state index >= 15 is 0 Å². The lowest BCUT2D eigenvalue weighted by molar-refractivity contribution is 0.184. The quantitative estimate of drug-likeness (QED) is 0.749. The van der Waals surface area contributed by atoms with Gasteiger partial charge < -0.3 is 10.1 Å². The Morgan fingerprint density at radius 2 is 2.21 bits per heavy atom. The second-order valence-electron chi connectivity index (χ2n) is 5.74. The van der Waals surface area contributed by atoms with Crippen LogP contribution < -0.4 is 5.32 Å². The second kappa shape index (κ2) is 4.19. The van der Waals surface area contributed by atoms with Gasteiger partial charge >= 0.3 is 0 Å². The van der Waals surface area contributed by atoms with Crippen molar-refractivity contribution in [2.24, 2.45) is 11.3 Å². The minimum Gasteiger partial charge on any atom is -0.381 e. The molecule has 14 heavy (non-hydrogen) atoms. The zero-order valence-electron chi connectivity index (χ0n) is 9.51. The number of hydrogen-bond donors (Lipinski definition) is 1. The molecule has 2 aliphatic rings.